The van der Waals surface area contributed by atoms with Gasteiger partial charge in [0.25, 0.3) is 0 Å². The third kappa shape index (κ3) is 3.66. The Morgan fingerprint density at radius 3 is 2.56 bits per heavy atom. The van der Waals surface area contributed by atoms with Crippen molar-refractivity contribution in [3.63, 3.8) is 0 Å². The van der Waals surface area contributed by atoms with Crippen LogP contribution in [-0.2, 0) is 16.0 Å². The molecule has 1 aromatic rings. The van der Waals surface area contributed by atoms with Gasteiger partial charge in [0.05, 0.1) is 18.6 Å². The molecule has 0 fully saturated rings. The highest BCUT2D eigenvalue weighted by atomic mass is 35.5. The Bertz CT molecular complexity index is 413. The van der Waals surface area contributed by atoms with Gasteiger partial charge in [-0.15, -0.1) is 0 Å². The Morgan fingerprint density at radius 1 is 1.38 bits per heavy atom. The number of carbonyl (C=O) groups is 2. The van der Waals surface area contributed by atoms with Crippen molar-refractivity contribution in [2.24, 2.45) is 0 Å². The summed E-state index contributed by atoms with van der Waals surface area (Å²) in [6.45, 7) is 1.40. The first kappa shape index (κ1) is 12.7. The fraction of sp³-hybridized carbons (Fsp3) is 0.333. The summed E-state index contributed by atoms with van der Waals surface area (Å²) in [5, 5.41) is 0.468. The number of ketones is 2. The second kappa shape index (κ2) is 5.66. The lowest BCUT2D eigenvalue weighted by Gasteiger charge is -2.05. The van der Waals surface area contributed by atoms with Gasteiger partial charge in [-0.25, -0.2) is 0 Å². The number of benzene rings is 1. The van der Waals surface area contributed by atoms with Crippen LogP contribution in [0.3, 0.4) is 0 Å². The van der Waals surface area contributed by atoms with E-state index in [2.05, 4.69) is 0 Å². The summed E-state index contributed by atoms with van der Waals surface area (Å²) in [5.74, 6) is 0.350. The number of methoxy groups -OCH3 is 1. The van der Waals surface area contributed by atoms with E-state index in [1.54, 1.807) is 18.2 Å². The molecule has 0 saturated heterocycles. The Labute approximate surface area is 99.4 Å². The van der Waals surface area contributed by atoms with Crippen LogP contribution in [0.5, 0.6) is 5.75 Å². The van der Waals surface area contributed by atoms with Crippen molar-refractivity contribution in [3.8, 4) is 5.75 Å². The molecule has 1 rings (SSSR count). The van der Waals surface area contributed by atoms with Gasteiger partial charge in [-0.3, -0.25) is 9.59 Å². The lowest BCUT2D eigenvalue weighted by molar-refractivity contribution is -0.125. The maximum Gasteiger partial charge on any atom is 0.144 e. The van der Waals surface area contributed by atoms with E-state index in [0.717, 1.165) is 5.56 Å². The molecule has 0 aromatic heterocycles. The summed E-state index contributed by atoms with van der Waals surface area (Å²) in [5.41, 5.74) is 0.789. The van der Waals surface area contributed by atoms with Crippen molar-refractivity contribution in [1.29, 1.82) is 0 Å². The van der Waals surface area contributed by atoms with E-state index in [0.29, 0.717) is 10.8 Å². The smallest absolute Gasteiger partial charge is 0.144 e. The summed E-state index contributed by atoms with van der Waals surface area (Å²) >= 11 is 5.92. The molecule has 0 bridgehead atoms. The van der Waals surface area contributed by atoms with Crippen molar-refractivity contribution in [3.05, 3.63) is 28.8 Å². The quantitative estimate of drug-likeness (QED) is 0.743. The lowest BCUT2D eigenvalue weighted by atomic mass is 10.1. The van der Waals surface area contributed by atoms with Crippen molar-refractivity contribution in [1.82, 2.24) is 0 Å². The SMILES string of the molecule is COc1ccc(CC(=O)CC(C)=O)cc1Cl. The number of hydrogen-bond acceptors (Lipinski definition) is 3. The highest BCUT2D eigenvalue weighted by Gasteiger charge is 2.08. The molecular weight excluding hydrogens is 228 g/mol. The van der Waals surface area contributed by atoms with Gasteiger partial charge in [-0.05, 0) is 24.6 Å². The maximum absolute atomic E-state index is 11.4. The normalized spacial score (nSPS) is 9.94. The Hall–Kier alpha value is -1.35. The zero-order valence-electron chi connectivity index (χ0n) is 9.25. The number of Topliss-reactive ketones (excluding diaryl/α,β-unsaturated/α-hetero) is 2. The largest absolute Gasteiger partial charge is 0.495 e. The summed E-state index contributed by atoms with van der Waals surface area (Å²) < 4.78 is 5.00. The molecule has 0 atom stereocenters. The molecule has 0 aliphatic heterocycles. The zero-order chi connectivity index (χ0) is 12.1. The van der Waals surface area contributed by atoms with Crippen LogP contribution in [-0.4, -0.2) is 18.7 Å². The van der Waals surface area contributed by atoms with E-state index in [-0.39, 0.29) is 24.4 Å². The topological polar surface area (TPSA) is 43.4 Å². The fourth-order valence-electron chi connectivity index (χ4n) is 1.39. The predicted molar refractivity (Wildman–Crippen MR) is 62.0 cm³/mol. The minimum atomic E-state index is -0.121. The van der Waals surface area contributed by atoms with Crippen LogP contribution in [0, 0.1) is 0 Å². The number of carbonyl (C=O) groups excluding carboxylic acids is 2. The first-order valence-corrected chi connectivity index (χ1v) is 5.24. The lowest BCUT2D eigenvalue weighted by Crippen LogP contribution is -2.07. The third-order valence-corrected chi connectivity index (χ3v) is 2.36. The van der Waals surface area contributed by atoms with Crippen LogP contribution in [0.25, 0.3) is 0 Å². The monoisotopic (exact) mass is 240 g/mol. The van der Waals surface area contributed by atoms with Gasteiger partial charge in [0, 0.05) is 6.42 Å². The van der Waals surface area contributed by atoms with E-state index >= 15 is 0 Å². The van der Waals surface area contributed by atoms with Gasteiger partial charge in [-0.2, -0.15) is 0 Å². The second-order valence-corrected chi connectivity index (χ2v) is 3.97. The zero-order valence-corrected chi connectivity index (χ0v) is 10.0. The first-order chi connectivity index (χ1) is 7.52. The highest BCUT2D eigenvalue weighted by molar-refractivity contribution is 6.32. The van der Waals surface area contributed by atoms with Gasteiger partial charge in [0.2, 0.25) is 0 Å². The molecule has 0 N–H and O–H groups in total. The van der Waals surface area contributed by atoms with E-state index in [1.807, 2.05) is 0 Å². The molecule has 4 heteroatoms. The molecule has 0 unspecified atom stereocenters. The summed E-state index contributed by atoms with van der Waals surface area (Å²) in [6, 6.07) is 5.15. The molecule has 86 valence electrons. The Morgan fingerprint density at radius 2 is 2.06 bits per heavy atom. The van der Waals surface area contributed by atoms with Crippen molar-refractivity contribution >= 4 is 23.2 Å². The van der Waals surface area contributed by atoms with Gasteiger partial charge < -0.3 is 4.74 Å². The van der Waals surface area contributed by atoms with E-state index in [9.17, 15) is 9.59 Å². The maximum atomic E-state index is 11.4. The van der Waals surface area contributed by atoms with E-state index in [1.165, 1.54) is 14.0 Å². The number of rotatable bonds is 5. The van der Waals surface area contributed by atoms with Crippen LogP contribution in [0.1, 0.15) is 18.9 Å². The number of halogens is 1. The molecule has 0 radical (unpaired) electrons. The molecular formula is C12H13ClO3. The minimum Gasteiger partial charge on any atom is -0.495 e. The van der Waals surface area contributed by atoms with Crippen molar-refractivity contribution < 1.29 is 14.3 Å². The standard InChI is InChI=1S/C12H13ClO3/c1-8(14)5-10(15)6-9-3-4-12(16-2)11(13)7-9/h3-4,7H,5-6H2,1-2H3. The summed E-state index contributed by atoms with van der Waals surface area (Å²) in [6.07, 6.45) is 0.201. The summed E-state index contributed by atoms with van der Waals surface area (Å²) in [4.78, 5) is 22.1. The van der Waals surface area contributed by atoms with Gasteiger partial charge in [-0.1, -0.05) is 17.7 Å². The molecule has 0 amide bonds. The van der Waals surface area contributed by atoms with Crippen molar-refractivity contribution in [2.45, 2.75) is 19.8 Å². The molecule has 0 heterocycles. The molecule has 0 spiro atoms. The molecule has 0 aliphatic rings. The third-order valence-electron chi connectivity index (χ3n) is 2.06. The van der Waals surface area contributed by atoms with Crippen LogP contribution in [0.4, 0.5) is 0 Å². The molecule has 16 heavy (non-hydrogen) atoms. The average Bonchev–Trinajstić information content (AvgIpc) is 2.16. The van der Waals surface area contributed by atoms with E-state index in [4.69, 9.17) is 16.3 Å². The molecule has 3 nitrogen and oxygen atoms in total. The second-order valence-electron chi connectivity index (χ2n) is 3.56. The van der Waals surface area contributed by atoms with Gasteiger partial charge in [0.15, 0.2) is 0 Å². The number of ether oxygens (including phenoxy) is 1. The van der Waals surface area contributed by atoms with Crippen LogP contribution in [0.2, 0.25) is 5.02 Å². The molecule has 0 aliphatic carbocycles. The molecule has 1 aromatic carbocycles. The predicted octanol–water partition coefficient (Wildman–Crippen LogP) is 2.44. The van der Waals surface area contributed by atoms with Crippen LogP contribution < -0.4 is 4.74 Å². The van der Waals surface area contributed by atoms with Crippen LogP contribution >= 0.6 is 11.6 Å². The Kier molecular flexibility index (Phi) is 4.50. The number of hydrogen-bond donors (Lipinski definition) is 0. The first-order valence-electron chi connectivity index (χ1n) is 4.86. The Balaban J connectivity index is 2.71. The van der Waals surface area contributed by atoms with Crippen molar-refractivity contribution in [2.75, 3.05) is 7.11 Å². The van der Waals surface area contributed by atoms with Gasteiger partial charge in [0.1, 0.15) is 17.3 Å². The van der Waals surface area contributed by atoms with Gasteiger partial charge >= 0.3 is 0 Å². The van der Waals surface area contributed by atoms with E-state index < -0.39 is 0 Å². The highest BCUT2D eigenvalue weighted by Crippen LogP contribution is 2.25. The minimum absolute atomic E-state index is 0.0242. The molecule has 0 saturated carbocycles. The average molecular weight is 241 g/mol. The van der Waals surface area contributed by atoms with Crippen LogP contribution in [0.15, 0.2) is 18.2 Å². The fourth-order valence-corrected chi connectivity index (χ4v) is 1.67. The summed E-state index contributed by atoms with van der Waals surface area (Å²) in [7, 11) is 1.53.